The first-order chi connectivity index (χ1) is 12.4. The summed E-state index contributed by atoms with van der Waals surface area (Å²) in [5.41, 5.74) is 0.520. The van der Waals surface area contributed by atoms with E-state index in [0.717, 1.165) is 12.1 Å². The maximum absolute atomic E-state index is 13.4. The van der Waals surface area contributed by atoms with Gasteiger partial charge in [0.1, 0.15) is 18.5 Å². The van der Waals surface area contributed by atoms with Gasteiger partial charge in [-0.2, -0.15) is 5.10 Å². The predicted molar refractivity (Wildman–Crippen MR) is 89.9 cm³/mol. The highest BCUT2D eigenvalue weighted by Crippen LogP contribution is 2.25. The summed E-state index contributed by atoms with van der Waals surface area (Å²) in [6.45, 7) is 0. The number of anilines is 1. The topological polar surface area (TPSA) is 103 Å². The van der Waals surface area contributed by atoms with Gasteiger partial charge in [-0.1, -0.05) is 6.07 Å². The lowest BCUT2D eigenvalue weighted by Crippen LogP contribution is -2.16. The summed E-state index contributed by atoms with van der Waals surface area (Å²) in [6, 6.07) is 8.82. The number of hydrogen-bond donors (Lipinski definition) is 1. The lowest BCUT2D eigenvalue weighted by molar-refractivity contribution is 0.0601. The van der Waals surface area contributed by atoms with Gasteiger partial charge in [-0.15, -0.1) is 0 Å². The fourth-order valence-corrected chi connectivity index (χ4v) is 3.33. The number of rotatable bonds is 5. The van der Waals surface area contributed by atoms with Crippen LogP contribution in [0.4, 0.5) is 10.1 Å². The molecule has 134 valence electrons. The van der Waals surface area contributed by atoms with E-state index in [9.17, 15) is 17.6 Å². The molecule has 0 amide bonds. The van der Waals surface area contributed by atoms with Gasteiger partial charge >= 0.3 is 5.97 Å². The van der Waals surface area contributed by atoms with E-state index in [1.54, 1.807) is 0 Å². The van der Waals surface area contributed by atoms with Crippen molar-refractivity contribution in [1.29, 1.82) is 0 Å². The number of nitrogens with one attached hydrogen (secondary N) is 1. The molecule has 10 heteroatoms. The van der Waals surface area contributed by atoms with Crippen molar-refractivity contribution < 1.29 is 22.3 Å². The Bertz CT molecular complexity index is 1050. The third kappa shape index (κ3) is 3.54. The van der Waals surface area contributed by atoms with Crippen LogP contribution in [-0.4, -0.2) is 36.3 Å². The summed E-state index contributed by atoms with van der Waals surface area (Å²) in [5.74, 6) is -1.32. The highest BCUT2D eigenvalue weighted by atomic mass is 32.2. The Labute approximate surface area is 148 Å². The molecule has 0 unspecified atom stereocenters. The number of ether oxygens (including phenoxy) is 1. The SMILES string of the molecule is COC(=O)c1ccc(-n2cncn2)c(NS(=O)(=O)c2cccc(F)c2)c1. The fraction of sp³-hybridized carbons (Fsp3) is 0.0625. The molecule has 0 spiro atoms. The molecule has 1 heterocycles. The van der Waals surface area contributed by atoms with Crippen molar-refractivity contribution in [2.24, 2.45) is 0 Å². The molecular weight excluding hydrogens is 363 g/mol. The van der Waals surface area contributed by atoms with Crippen molar-refractivity contribution in [2.75, 3.05) is 11.8 Å². The number of hydrogen-bond acceptors (Lipinski definition) is 6. The van der Waals surface area contributed by atoms with Crippen LogP contribution >= 0.6 is 0 Å². The number of halogens is 1. The molecular formula is C16H13FN4O4S. The number of esters is 1. The molecule has 3 rings (SSSR count). The molecule has 0 aliphatic rings. The largest absolute Gasteiger partial charge is 0.465 e. The molecule has 0 aliphatic heterocycles. The average molecular weight is 376 g/mol. The molecule has 8 nitrogen and oxygen atoms in total. The number of nitrogens with zero attached hydrogens (tertiary/aromatic N) is 3. The van der Waals surface area contributed by atoms with Crippen LogP contribution in [0.2, 0.25) is 0 Å². The van der Waals surface area contributed by atoms with Crippen LogP contribution in [0, 0.1) is 5.82 Å². The summed E-state index contributed by atoms with van der Waals surface area (Å²) >= 11 is 0. The zero-order valence-electron chi connectivity index (χ0n) is 13.5. The Morgan fingerprint density at radius 1 is 1.23 bits per heavy atom. The second kappa shape index (κ2) is 6.92. The van der Waals surface area contributed by atoms with E-state index in [1.807, 2.05) is 0 Å². The summed E-state index contributed by atoms with van der Waals surface area (Å²) in [7, 11) is -2.89. The van der Waals surface area contributed by atoms with Crippen molar-refractivity contribution in [1.82, 2.24) is 14.8 Å². The Balaban J connectivity index is 2.08. The minimum absolute atomic E-state index is 0.0580. The lowest BCUT2D eigenvalue weighted by Gasteiger charge is -2.13. The molecule has 0 saturated heterocycles. The van der Waals surface area contributed by atoms with E-state index in [1.165, 1.54) is 54.8 Å². The van der Waals surface area contributed by atoms with Crippen LogP contribution < -0.4 is 4.72 Å². The highest BCUT2D eigenvalue weighted by Gasteiger charge is 2.19. The molecule has 0 saturated carbocycles. The Kier molecular flexibility index (Phi) is 4.67. The van der Waals surface area contributed by atoms with Gasteiger partial charge in [0.2, 0.25) is 0 Å². The molecule has 0 atom stereocenters. The minimum atomic E-state index is -4.10. The summed E-state index contributed by atoms with van der Waals surface area (Å²) in [5, 5.41) is 3.95. The lowest BCUT2D eigenvalue weighted by atomic mass is 10.2. The Hall–Kier alpha value is -3.27. The van der Waals surface area contributed by atoms with E-state index in [2.05, 4.69) is 19.5 Å². The molecule has 1 aromatic heterocycles. The number of benzene rings is 2. The van der Waals surface area contributed by atoms with E-state index >= 15 is 0 Å². The van der Waals surface area contributed by atoms with Crippen molar-refractivity contribution >= 4 is 21.7 Å². The van der Waals surface area contributed by atoms with Gasteiger partial charge in [0, 0.05) is 0 Å². The first-order valence-electron chi connectivity index (χ1n) is 7.26. The van der Waals surface area contributed by atoms with Crippen LogP contribution in [0.15, 0.2) is 60.0 Å². The normalized spacial score (nSPS) is 11.2. The van der Waals surface area contributed by atoms with Crippen LogP contribution in [0.5, 0.6) is 0 Å². The number of carbonyl (C=O) groups excluding carboxylic acids is 1. The third-order valence-corrected chi connectivity index (χ3v) is 4.80. The van der Waals surface area contributed by atoms with Crippen LogP contribution in [0.3, 0.4) is 0 Å². The zero-order valence-corrected chi connectivity index (χ0v) is 14.3. The first-order valence-corrected chi connectivity index (χ1v) is 8.75. The smallest absolute Gasteiger partial charge is 0.337 e. The van der Waals surface area contributed by atoms with Gasteiger partial charge in [0.15, 0.2) is 0 Å². The maximum atomic E-state index is 13.4. The van der Waals surface area contributed by atoms with Crippen LogP contribution in [0.25, 0.3) is 5.69 Å². The van der Waals surface area contributed by atoms with E-state index in [-0.39, 0.29) is 16.1 Å². The predicted octanol–water partition coefficient (Wildman–Crippen LogP) is 1.99. The van der Waals surface area contributed by atoms with E-state index < -0.39 is 21.8 Å². The van der Waals surface area contributed by atoms with Crippen molar-refractivity contribution in [3.05, 3.63) is 66.5 Å². The molecule has 1 N–H and O–H groups in total. The van der Waals surface area contributed by atoms with Gasteiger partial charge < -0.3 is 4.74 Å². The molecule has 2 aromatic carbocycles. The number of methoxy groups -OCH3 is 1. The molecule has 0 fully saturated rings. The van der Waals surface area contributed by atoms with Gasteiger partial charge in [-0.25, -0.2) is 27.3 Å². The first kappa shape index (κ1) is 17.5. The summed E-state index contributed by atoms with van der Waals surface area (Å²) in [6.07, 6.45) is 2.65. The summed E-state index contributed by atoms with van der Waals surface area (Å²) in [4.78, 5) is 15.3. The zero-order chi connectivity index (χ0) is 18.7. The fourth-order valence-electron chi connectivity index (χ4n) is 2.23. The number of carbonyl (C=O) groups is 1. The van der Waals surface area contributed by atoms with Crippen molar-refractivity contribution in [3.8, 4) is 5.69 Å². The van der Waals surface area contributed by atoms with Crippen molar-refractivity contribution in [3.63, 3.8) is 0 Å². The molecule has 26 heavy (non-hydrogen) atoms. The quantitative estimate of drug-likeness (QED) is 0.683. The average Bonchev–Trinajstić information content (AvgIpc) is 3.15. The van der Waals surface area contributed by atoms with Gasteiger partial charge in [-0.05, 0) is 36.4 Å². The molecule has 0 bridgehead atoms. The Morgan fingerprint density at radius 3 is 2.69 bits per heavy atom. The molecule has 0 radical (unpaired) electrons. The standard InChI is InChI=1S/C16H13FN4O4S/c1-25-16(22)11-5-6-15(21-10-18-9-19-21)14(7-11)20-26(23,24)13-4-2-3-12(17)8-13/h2-10,20H,1H3. The molecule has 0 aliphatic carbocycles. The minimum Gasteiger partial charge on any atom is -0.465 e. The van der Waals surface area contributed by atoms with Gasteiger partial charge in [0.25, 0.3) is 10.0 Å². The van der Waals surface area contributed by atoms with Gasteiger partial charge in [0.05, 0.1) is 28.9 Å². The van der Waals surface area contributed by atoms with E-state index in [0.29, 0.717) is 5.69 Å². The number of aromatic nitrogens is 3. The third-order valence-electron chi connectivity index (χ3n) is 3.43. The highest BCUT2D eigenvalue weighted by molar-refractivity contribution is 7.92. The Morgan fingerprint density at radius 2 is 2.04 bits per heavy atom. The monoisotopic (exact) mass is 376 g/mol. The van der Waals surface area contributed by atoms with Crippen molar-refractivity contribution in [2.45, 2.75) is 4.90 Å². The van der Waals surface area contributed by atoms with E-state index in [4.69, 9.17) is 0 Å². The number of sulfonamides is 1. The second-order valence-electron chi connectivity index (χ2n) is 5.13. The van der Waals surface area contributed by atoms with Gasteiger partial charge in [-0.3, -0.25) is 4.72 Å². The molecule has 3 aromatic rings. The maximum Gasteiger partial charge on any atom is 0.337 e. The van der Waals surface area contributed by atoms with Crippen LogP contribution in [0.1, 0.15) is 10.4 Å². The summed E-state index contributed by atoms with van der Waals surface area (Å²) < 4.78 is 46.9. The second-order valence-corrected chi connectivity index (χ2v) is 6.81. The van der Waals surface area contributed by atoms with Crippen LogP contribution in [-0.2, 0) is 14.8 Å².